The average molecular weight is 679 g/mol. The quantitative estimate of drug-likeness (QED) is 0.343. The van der Waals surface area contributed by atoms with Gasteiger partial charge in [0.2, 0.25) is 5.91 Å². The first-order valence-electron chi connectivity index (χ1n) is 15.0. The molecule has 2 aliphatic heterocycles. The number of likely N-dealkylation sites (tertiary alicyclic amines) is 1. The molecule has 7 nitrogen and oxygen atoms in total. The molecule has 0 aromatic heterocycles. The number of amides is 1. The van der Waals surface area contributed by atoms with Crippen LogP contribution in [0.5, 0.6) is 0 Å². The number of rotatable bonds is 7. The molecule has 2 atom stereocenters. The van der Waals surface area contributed by atoms with Gasteiger partial charge in [0.05, 0.1) is 16.9 Å². The third-order valence-electron chi connectivity index (χ3n) is 9.74. The lowest BCUT2D eigenvalue weighted by Gasteiger charge is -2.48. The highest BCUT2D eigenvalue weighted by atomic mass is 32.2. The van der Waals surface area contributed by atoms with Gasteiger partial charge in [-0.1, -0.05) is 37.3 Å². The van der Waals surface area contributed by atoms with Gasteiger partial charge in [-0.15, -0.1) is 0 Å². The number of nitrogens with zero attached hydrogens (tertiary/aromatic N) is 2. The normalized spacial score (nSPS) is 25.6. The van der Waals surface area contributed by atoms with Crippen LogP contribution in [-0.2, 0) is 29.8 Å². The molecule has 0 radical (unpaired) electrons. The molecule has 3 aliphatic rings. The van der Waals surface area contributed by atoms with Gasteiger partial charge in [-0.25, -0.2) is 12.8 Å². The fraction of sp³-hybridized carbons (Fsp3) is 0.548. The Kier molecular flexibility index (Phi) is 8.65. The molecule has 2 unspecified atom stereocenters. The molecule has 1 amide bonds. The monoisotopic (exact) mass is 678 g/mol. The van der Waals surface area contributed by atoms with E-state index in [9.17, 15) is 49.5 Å². The van der Waals surface area contributed by atoms with Crippen molar-refractivity contribution in [2.24, 2.45) is 11.8 Å². The molecule has 46 heavy (non-hydrogen) atoms. The van der Waals surface area contributed by atoms with Gasteiger partial charge in [-0.2, -0.15) is 26.3 Å². The summed E-state index contributed by atoms with van der Waals surface area (Å²) in [4.78, 5) is 28.1. The molecule has 0 bridgehead atoms. The lowest BCUT2D eigenvalue weighted by atomic mass is 9.80. The summed E-state index contributed by atoms with van der Waals surface area (Å²) in [7, 11) is -4.47. The number of carboxylic acids is 1. The van der Waals surface area contributed by atoms with E-state index in [0.717, 1.165) is 6.07 Å². The third kappa shape index (κ3) is 5.12. The predicted molar refractivity (Wildman–Crippen MR) is 152 cm³/mol. The van der Waals surface area contributed by atoms with Crippen molar-refractivity contribution in [3.05, 3.63) is 59.7 Å². The van der Waals surface area contributed by atoms with E-state index < -0.39 is 62.0 Å². The van der Waals surface area contributed by atoms with Gasteiger partial charge in [-0.05, 0) is 62.3 Å². The summed E-state index contributed by atoms with van der Waals surface area (Å²) in [6, 6.07) is 7.69. The Morgan fingerprint density at radius 3 is 2.04 bits per heavy atom. The standard InChI is InChI=1S/C31H33F7N2O5S/c1-2-15-39-18-25-28(46(44,45)22-6-4-3-5-7-22,14-16-40(25)26(41)19-8-10-20(11-9-19)27(42)43)23-13-12-21(17-24(23)39)29(32,30(33,34)35)31(36,37)38/h3-7,12-13,17,19-20,25H,2,8-11,14-16,18H2,1H3,(H,42,43)/t19-,20-,25?,28?. The summed E-state index contributed by atoms with van der Waals surface area (Å²) >= 11 is 0. The van der Waals surface area contributed by atoms with E-state index in [1.54, 1.807) is 13.0 Å². The number of carbonyl (C=O) groups excluding carboxylic acids is 1. The molecule has 5 rings (SSSR count). The average Bonchev–Trinajstić information content (AvgIpc) is 3.40. The number of hydrogen-bond donors (Lipinski definition) is 1. The Bertz CT molecular complexity index is 1580. The van der Waals surface area contributed by atoms with Crippen LogP contribution in [0.4, 0.5) is 36.4 Å². The summed E-state index contributed by atoms with van der Waals surface area (Å²) in [5.41, 5.74) is -7.83. The Hall–Kier alpha value is -3.36. The van der Waals surface area contributed by atoms with Crippen LogP contribution in [0.3, 0.4) is 0 Å². The van der Waals surface area contributed by atoms with Gasteiger partial charge in [0.1, 0.15) is 4.75 Å². The van der Waals surface area contributed by atoms with E-state index in [-0.39, 0.29) is 73.8 Å². The van der Waals surface area contributed by atoms with Gasteiger partial charge < -0.3 is 14.9 Å². The number of sulfone groups is 1. The van der Waals surface area contributed by atoms with E-state index >= 15 is 4.39 Å². The SMILES string of the molecule is CCCN1CC2N(C(=O)[C@H]3CC[C@H](C(=O)O)CC3)CCC2(S(=O)(=O)c2ccccc2)c2ccc(C(F)(C(F)(F)F)C(F)(F)F)cc21. The summed E-state index contributed by atoms with van der Waals surface area (Å²) in [6.45, 7) is 1.45. The van der Waals surface area contributed by atoms with Crippen LogP contribution in [0.25, 0.3) is 0 Å². The van der Waals surface area contributed by atoms with Crippen molar-refractivity contribution in [3.8, 4) is 0 Å². The van der Waals surface area contributed by atoms with E-state index in [1.165, 1.54) is 34.1 Å². The smallest absolute Gasteiger partial charge is 0.435 e. The highest BCUT2D eigenvalue weighted by Gasteiger charge is 2.74. The number of anilines is 1. The zero-order valence-electron chi connectivity index (χ0n) is 24.7. The number of carbonyl (C=O) groups is 2. The highest BCUT2D eigenvalue weighted by molar-refractivity contribution is 7.92. The molecule has 2 fully saturated rings. The number of fused-ring (bicyclic) bond motifs is 3. The van der Waals surface area contributed by atoms with Crippen LogP contribution in [0.1, 0.15) is 56.6 Å². The van der Waals surface area contributed by atoms with Crippen molar-refractivity contribution in [3.63, 3.8) is 0 Å². The van der Waals surface area contributed by atoms with E-state index in [0.29, 0.717) is 18.6 Å². The molecule has 2 aromatic rings. The molecule has 2 aromatic carbocycles. The number of carboxylic acid groups (broad SMARTS) is 1. The van der Waals surface area contributed by atoms with Crippen molar-refractivity contribution in [2.75, 3.05) is 24.5 Å². The van der Waals surface area contributed by atoms with Crippen LogP contribution in [0.15, 0.2) is 53.4 Å². The van der Waals surface area contributed by atoms with Gasteiger partial charge in [0, 0.05) is 36.8 Å². The maximum Gasteiger partial charge on any atom is 0.435 e. The van der Waals surface area contributed by atoms with Crippen molar-refractivity contribution in [2.45, 2.75) is 79.2 Å². The summed E-state index contributed by atoms with van der Waals surface area (Å²) in [6.07, 6.45) is -11.5. The van der Waals surface area contributed by atoms with Crippen LogP contribution in [0, 0.1) is 11.8 Å². The van der Waals surface area contributed by atoms with Crippen molar-refractivity contribution >= 4 is 27.4 Å². The molecule has 252 valence electrons. The fourth-order valence-corrected chi connectivity index (χ4v) is 9.74. The van der Waals surface area contributed by atoms with Crippen LogP contribution < -0.4 is 4.90 Å². The Balaban J connectivity index is 1.69. The Morgan fingerprint density at radius 1 is 0.913 bits per heavy atom. The predicted octanol–water partition coefficient (Wildman–Crippen LogP) is 6.37. The molecule has 1 aliphatic carbocycles. The van der Waals surface area contributed by atoms with Crippen molar-refractivity contribution < 1.29 is 53.8 Å². The lowest BCUT2D eigenvalue weighted by Crippen LogP contribution is -2.59. The number of aliphatic carboxylic acids is 1. The molecule has 1 saturated heterocycles. The minimum Gasteiger partial charge on any atom is -0.481 e. The van der Waals surface area contributed by atoms with Crippen molar-refractivity contribution in [1.29, 1.82) is 0 Å². The van der Waals surface area contributed by atoms with E-state index in [4.69, 9.17) is 0 Å². The fourth-order valence-electron chi connectivity index (χ4n) is 7.42. The highest BCUT2D eigenvalue weighted by Crippen LogP contribution is 2.58. The number of benzene rings is 2. The van der Waals surface area contributed by atoms with Gasteiger partial charge in [0.25, 0.3) is 0 Å². The number of halogens is 7. The molecule has 1 saturated carbocycles. The van der Waals surface area contributed by atoms with Crippen LogP contribution in [0.2, 0.25) is 0 Å². The summed E-state index contributed by atoms with van der Waals surface area (Å²) in [5.74, 6) is -2.54. The van der Waals surface area contributed by atoms with Gasteiger partial charge >= 0.3 is 24.0 Å². The lowest BCUT2D eigenvalue weighted by molar-refractivity contribution is -0.348. The molecular formula is C31H33F7N2O5S. The van der Waals surface area contributed by atoms with Gasteiger partial charge in [0.15, 0.2) is 9.84 Å². The summed E-state index contributed by atoms with van der Waals surface area (Å²) < 4.78 is 125. The minimum absolute atomic E-state index is 0.0670. The van der Waals surface area contributed by atoms with E-state index in [1.807, 2.05) is 0 Å². The number of hydrogen-bond acceptors (Lipinski definition) is 5. The van der Waals surface area contributed by atoms with Crippen LogP contribution in [-0.4, -0.2) is 68.3 Å². The Labute approximate surface area is 261 Å². The van der Waals surface area contributed by atoms with Crippen LogP contribution >= 0.6 is 0 Å². The second-order valence-corrected chi connectivity index (χ2v) is 14.4. The zero-order valence-corrected chi connectivity index (χ0v) is 25.6. The first-order valence-corrected chi connectivity index (χ1v) is 16.5. The maximum atomic E-state index is 15.3. The number of alkyl halides is 7. The second-order valence-electron chi connectivity index (χ2n) is 12.2. The van der Waals surface area contributed by atoms with Gasteiger partial charge in [-0.3, -0.25) is 9.59 Å². The van der Waals surface area contributed by atoms with E-state index in [2.05, 4.69) is 0 Å². The molecule has 1 N–H and O–H groups in total. The van der Waals surface area contributed by atoms with Crippen molar-refractivity contribution in [1.82, 2.24) is 4.90 Å². The topological polar surface area (TPSA) is 95.0 Å². The largest absolute Gasteiger partial charge is 0.481 e. The Morgan fingerprint density at radius 2 is 1.50 bits per heavy atom. The minimum atomic E-state index is -6.36. The first kappa shape index (κ1) is 34.0. The maximum absolute atomic E-state index is 15.3. The summed E-state index contributed by atoms with van der Waals surface area (Å²) in [5, 5.41) is 9.38. The first-order chi connectivity index (χ1) is 21.4. The third-order valence-corrected chi connectivity index (χ3v) is 12.3. The molecule has 15 heteroatoms. The second kappa shape index (κ2) is 11.7. The zero-order chi connectivity index (χ0) is 33.9. The molecule has 2 heterocycles. The molecular weight excluding hydrogens is 645 g/mol. The molecule has 0 spiro atoms.